The number of amides is 1. The number of hydrogen-bond acceptors (Lipinski definition) is 10. The molecule has 10 atom stereocenters. The van der Waals surface area contributed by atoms with Crippen molar-refractivity contribution in [3.63, 3.8) is 0 Å². The third-order valence-corrected chi connectivity index (χ3v) is 13.3. The molecule has 11 nitrogen and oxygen atoms in total. The molecular weight excluding hydrogens is 767 g/mol. The zero-order valence-corrected chi connectivity index (χ0v) is 33.7. The molecule has 3 heterocycles. The Kier molecular flexibility index (Phi) is 12.6. The monoisotopic (exact) mass is 823 g/mol. The number of likely N-dealkylation sites (N-methyl/N-ethyl adjacent to an activating group) is 1. The summed E-state index contributed by atoms with van der Waals surface area (Å²) in [4.78, 5) is 41.5. The van der Waals surface area contributed by atoms with Crippen LogP contribution in [0.5, 0.6) is 5.75 Å². The van der Waals surface area contributed by atoms with Gasteiger partial charge in [0.2, 0.25) is 0 Å². The number of halogens is 1. The Balaban J connectivity index is 1.49. The number of epoxide rings is 1. The second kappa shape index (κ2) is 16.2. The maximum atomic E-state index is 13.7. The fourth-order valence-corrected chi connectivity index (χ4v) is 9.27. The van der Waals surface area contributed by atoms with Crippen LogP contribution in [0.25, 0.3) is 0 Å². The zero-order valence-electron chi connectivity index (χ0n) is 31.5. The topological polar surface area (TPSA) is 136 Å². The summed E-state index contributed by atoms with van der Waals surface area (Å²) in [6, 6.07) is 3.93. The molecule has 4 bridgehead atoms. The van der Waals surface area contributed by atoms with Crippen molar-refractivity contribution in [2.24, 2.45) is 11.8 Å². The molecule has 1 amide bonds. The number of ketones is 1. The van der Waals surface area contributed by atoms with E-state index in [1.54, 1.807) is 39.1 Å². The number of rotatable bonds is 6. The van der Waals surface area contributed by atoms with Crippen LogP contribution >= 0.6 is 0 Å². The maximum absolute atomic E-state index is 13.7. The molecule has 2 N–H and O–H groups in total. The van der Waals surface area contributed by atoms with E-state index >= 15 is 0 Å². The van der Waals surface area contributed by atoms with Gasteiger partial charge in [0.15, 0.2) is 0 Å². The van der Waals surface area contributed by atoms with Crippen LogP contribution in [-0.2, 0) is 41.4 Å². The van der Waals surface area contributed by atoms with E-state index in [1.807, 2.05) is 26.0 Å². The average molecular weight is 824 g/mol. The predicted molar refractivity (Wildman–Crippen MR) is 188 cm³/mol. The summed E-state index contributed by atoms with van der Waals surface area (Å²) in [6.45, 7) is 9.74. The zero-order chi connectivity index (χ0) is 37.2. The second-order valence-electron chi connectivity index (χ2n) is 15.3. The normalized spacial score (nSPS) is 37.0. The van der Waals surface area contributed by atoms with Gasteiger partial charge in [-0.2, -0.15) is 0 Å². The van der Waals surface area contributed by atoms with Crippen LogP contribution in [0.15, 0.2) is 35.9 Å². The summed E-state index contributed by atoms with van der Waals surface area (Å²) in [5, 5.41) is 14.4. The molecule has 3 saturated heterocycles. The Morgan fingerprint density at radius 2 is 1.90 bits per heavy atom. The number of fused-ring (bicyclic) bond motifs is 5. The molecule has 1 aliphatic carbocycles. The van der Waals surface area contributed by atoms with Crippen molar-refractivity contribution in [2.75, 3.05) is 32.7 Å². The third kappa shape index (κ3) is 9.35. The van der Waals surface area contributed by atoms with Crippen LogP contribution < -0.4 is 31.3 Å². The van der Waals surface area contributed by atoms with Crippen LogP contribution in [-0.4, -0.2) is 102 Å². The first-order valence-corrected chi connectivity index (χ1v) is 20.8. The summed E-state index contributed by atoms with van der Waals surface area (Å²) in [7, 11) is 6.82. The number of alkyl halides is 2. The minimum atomic E-state index is -1.76. The van der Waals surface area contributed by atoms with E-state index in [9.17, 15) is 19.5 Å². The van der Waals surface area contributed by atoms with Crippen LogP contribution in [0.3, 0.4) is 0 Å². The first-order valence-electron chi connectivity index (χ1n) is 18.0. The van der Waals surface area contributed by atoms with Gasteiger partial charge in [-0.1, -0.05) is 6.92 Å². The van der Waals surface area contributed by atoms with Gasteiger partial charge in [-0.15, -0.1) is 0 Å². The molecule has 5 rings (SSSR count). The molecule has 1 aromatic carbocycles. The Morgan fingerprint density at radius 1 is 1.18 bits per heavy atom. The number of ether oxygens (including phenoxy) is 5. The van der Waals surface area contributed by atoms with E-state index < -0.39 is 59.8 Å². The molecule has 4 aliphatic rings. The summed E-state index contributed by atoms with van der Waals surface area (Å²) < 4.78 is 31.6. The number of alkyl carbamates (subject to hydrolysis) is 1. The van der Waals surface area contributed by atoms with Crippen molar-refractivity contribution < 1.29 is 64.4 Å². The molecule has 1 aromatic rings. The molecule has 0 spiro atoms. The number of aliphatic hydroxyl groups is 1. The number of nitrogens with one attached hydrogen (secondary N) is 1. The van der Waals surface area contributed by atoms with Crippen molar-refractivity contribution in [1.82, 2.24) is 10.2 Å². The number of Topliss-reactive ketones (excluding diaryl/α,β-unsaturated/α-hetero) is 1. The summed E-state index contributed by atoms with van der Waals surface area (Å²) in [5.41, 5.74) is 2.14. The molecule has 3 fully saturated rings. The summed E-state index contributed by atoms with van der Waals surface area (Å²) in [6.07, 6.45) is 4.49. The van der Waals surface area contributed by atoms with Gasteiger partial charge in [0.1, 0.15) is 12.1 Å². The van der Waals surface area contributed by atoms with Gasteiger partial charge in [-0.05, 0) is 21.0 Å². The summed E-state index contributed by atoms with van der Waals surface area (Å²) >= 11 is 0.140. The first-order chi connectivity index (χ1) is 24.1. The molecule has 0 saturated carbocycles. The van der Waals surface area contributed by atoms with Crippen molar-refractivity contribution in [2.45, 2.75) is 119 Å². The van der Waals surface area contributed by atoms with E-state index in [0.717, 1.165) is 23.3 Å². The van der Waals surface area contributed by atoms with E-state index in [4.69, 9.17) is 23.7 Å². The molecule has 8 unspecified atom stereocenters. The first kappa shape index (κ1) is 39.7. The van der Waals surface area contributed by atoms with E-state index in [2.05, 4.69) is 31.3 Å². The number of allylic oxidation sites excluding steroid dienone is 3. The number of esters is 1. The van der Waals surface area contributed by atoms with Crippen molar-refractivity contribution in [3.05, 3.63) is 52.6 Å². The number of benzene rings is 1. The van der Waals surface area contributed by atoms with Gasteiger partial charge < -0.3 is 9.84 Å². The van der Waals surface area contributed by atoms with Crippen LogP contribution in [0, 0.1) is 11.8 Å². The molecule has 51 heavy (non-hydrogen) atoms. The third-order valence-electron chi connectivity index (χ3n) is 11.0. The standard InChI is InChI=1S/C39H56IN2O9/c1-22-11-10-12-32(48-9)39(46)20-31(49-37(45)41-39)24(3)35-38(5,51-35)33(50-36(44)25(4)42(6)7)19-28(43)14-13-23(2)16-27-17-26(15-22)18-30(47-8)34(27)29-21-40-29/h10-12,17-18,23-25,29,31-33,35,46H,13-16,19-21H2,1-9H3,(H,41,45)/q-1/b12-10+,22-11+/t23?,24?,25-,29+,31?,32?,33?,35?,38?,39?/m0/s1. The van der Waals surface area contributed by atoms with Crippen molar-refractivity contribution >= 4 is 17.8 Å². The van der Waals surface area contributed by atoms with Crippen molar-refractivity contribution in [3.8, 4) is 5.75 Å². The van der Waals surface area contributed by atoms with E-state index in [1.165, 1.54) is 22.7 Å². The fraction of sp³-hybridized carbons (Fsp3) is 0.667. The van der Waals surface area contributed by atoms with Gasteiger partial charge in [0.25, 0.3) is 0 Å². The van der Waals surface area contributed by atoms with Gasteiger partial charge in [-0.3, -0.25) is 15.0 Å². The van der Waals surface area contributed by atoms with Gasteiger partial charge in [-0.25, -0.2) is 4.79 Å². The Morgan fingerprint density at radius 3 is 2.55 bits per heavy atom. The molecule has 0 aromatic heterocycles. The fourth-order valence-electron chi connectivity index (χ4n) is 7.43. The van der Waals surface area contributed by atoms with Crippen LogP contribution in [0.2, 0.25) is 0 Å². The summed E-state index contributed by atoms with van der Waals surface area (Å²) in [5.74, 6) is 0.347. The van der Waals surface area contributed by atoms with Crippen molar-refractivity contribution in [1.29, 1.82) is 0 Å². The number of hydrogen-bond donors (Lipinski definition) is 2. The van der Waals surface area contributed by atoms with Crippen LogP contribution in [0.1, 0.15) is 80.9 Å². The number of methoxy groups -OCH3 is 2. The van der Waals surface area contributed by atoms with Gasteiger partial charge in [0, 0.05) is 19.4 Å². The second-order valence-corrected chi connectivity index (χ2v) is 18.6. The SMILES string of the molecule is COc1cc2cc(c1[C@H]1C[I-]1)CC(C)CCC(=O)CC(OC(=O)[C@H](C)N(C)C)C1(C)OC1C(C)C1CC(O)(NC(=O)O1)C(OC)/C=C/C=C(\C)C2. The van der Waals surface area contributed by atoms with E-state index in [-0.39, 0.29) is 45.7 Å². The molecule has 0 radical (unpaired) electrons. The Labute approximate surface area is 313 Å². The Bertz CT molecular complexity index is 1530. The molecule has 3 aliphatic heterocycles. The molecule has 12 heteroatoms. The molecule has 284 valence electrons. The minimum absolute atomic E-state index is 0.000180. The van der Waals surface area contributed by atoms with Crippen LogP contribution in [0.4, 0.5) is 4.79 Å². The van der Waals surface area contributed by atoms with Gasteiger partial charge in [0.05, 0.1) is 0 Å². The number of nitrogens with zero attached hydrogens (tertiary/aromatic N) is 1. The van der Waals surface area contributed by atoms with E-state index in [0.29, 0.717) is 23.2 Å². The molecular formula is C39H56IN2O9-. The average Bonchev–Trinajstić information content (AvgIpc) is 4.00. The van der Waals surface area contributed by atoms with Gasteiger partial charge >= 0.3 is 225 Å². The number of carbonyl (C=O) groups excluding carboxylic acids is 3. The number of carbonyl (C=O) groups is 3. The predicted octanol–water partition coefficient (Wildman–Crippen LogP) is 1.67. The quantitative estimate of drug-likeness (QED) is 0.189. The Hall–Kier alpha value is -2.52.